The van der Waals surface area contributed by atoms with E-state index in [2.05, 4.69) is 41.4 Å². The van der Waals surface area contributed by atoms with Gasteiger partial charge in [-0.2, -0.15) is 0 Å². The van der Waals surface area contributed by atoms with Crippen LogP contribution in [0.2, 0.25) is 0 Å². The Balaban J connectivity index is 1.89. The highest BCUT2D eigenvalue weighted by Crippen LogP contribution is 2.23. The fourth-order valence-electron chi connectivity index (χ4n) is 2.73. The molecule has 2 unspecified atom stereocenters. The van der Waals surface area contributed by atoms with Crippen LogP contribution in [0.3, 0.4) is 0 Å². The van der Waals surface area contributed by atoms with Gasteiger partial charge in [0.2, 0.25) is 0 Å². The van der Waals surface area contributed by atoms with E-state index in [9.17, 15) is 0 Å². The van der Waals surface area contributed by atoms with E-state index < -0.39 is 0 Å². The molecule has 1 aromatic heterocycles. The standard InChI is InChI=1S/C14H23N3/c1-15-13-4-3-5-14(10-13)17(2)11-12-6-8-16-9-7-12/h6-9,13-15H,3-5,10-11H2,1-2H3. The molecule has 94 valence electrons. The third-order valence-corrected chi connectivity index (χ3v) is 3.86. The molecule has 0 spiro atoms. The molecule has 2 atom stereocenters. The van der Waals surface area contributed by atoms with Crippen LogP contribution in [0, 0.1) is 0 Å². The molecular formula is C14H23N3. The highest BCUT2D eigenvalue weighted by Gasteiger charge is 2.23. The van der Waals surface area contributed by atoms with Gasteiger partial charge in [0, 0.05) is 31.0 Å². The van der Waals surface area contributed by atoms with Crippen molar-refractivity contribution in [1.29, 1.82) is 0 Å². The van der Waals surface area contributed by atoms with Gasteiger partial charge in [-0.3, -0.25) is 9.88 Å². The van der Waals surface area contributed by atoms with E-state index in [0.29, 0.717) is 6.04 Å². The molecule has 1 heterocycles. The van der Waals surface area contributed by atoms with Crippen LogP contribution in [0.15, 0.2) is 24.5 Å². The van der Waals surface area contributed by atoms with E-state index in [0.717, 1.165) is 12.6 Å². The van der Waals surface area contributed by atoms with Crippen molar-refractivity contribution in [2.24, 2.45) is 0 Å². The zero-order chi connectivity index (χ0) is 12.1. The van der Waals surface area contributed by atoms with E-state index in [1.54, 1.807) is 0 Å². The van der Waals surface area contributed by atoms with Gasteiger partial charge in [-0.05, 0) is 51.1 Å². The van der Waals surface area contributed by atoms with Gasteiger partial charge in [-0.1, -0.05) is 6.42 Å². The van der Waals surface area contributed by atoms with E-state index >= 15 is 0 Å². The van der Waals surface area contributed by atoms with E-state index in [1.807, 2.05) is 12.4 Å². The minimum atomic E-state index is 0.702. The monoisotopic (exact) mass is 233 g/mol. The third kappa shape index (κ3) is 3.51. The zero-order valence-electron chi connectivity index (χ0n) is 10.9. The van der Waals surface area contributed by atoms with Crippen LogP contribution in [-0.2, 0) is 6.54 Å². The smallest absolute Gasteiger partial charge is 0.0271 e. The van der Waals surface area contributed by atoms with Gasteiger partial charge < -0.3 is 5.32 Å². The van der Waals surface area contributed by atoms with Gasteiger partial charge in [-0.15, -0.1) is 0 Å². The maximum atomic E-state index is 4.06. The lowest BCUT2D eigenvalue weighted by Gasteiger charge is -2.35. The van der Waals surface area contributed by atoms with Crippen molar-refractivity contribution in [3.63, 3.8) is 0 Å². The lowest BCUT2D eigenvalue weighted by Crippen LogP contribution is -2.41. The summed E-state index contributed by atoms with van der Waals surface area (Å²) in [6.07, 6.45) is 9.03. The molecule has 1 N–H and O–H groups in total. The molecule has 2 rings (SSSR count). The summed E-state index contributed by atoms with van der Waals surface area (Å²) in [5, 5.41) is 3.42. The zero-order valence-corrected chi connectivity index (χ0v) is 10.9. The molecule has 0 aliphatic heterocycles. The number of hydrogen-bond acceptors (Lipinski definition) is 3. The summed E-state index contributed by atoms with van der Waals surface area (Å²) < 4.78 is 0. The SMILES string of the molecule is CNC1CCCC(N(C)Cc2ccncc2)C1. The molecule has 1 aromatic rings. The summed E-state index contributed by atoms with van der Waals surface area (Å²) in [4.78, 5) is 6.55. The first kappa shape index (κ1) is 12.5. The first-order chi connectivity index (χ1) is 8.29. The van der Waals surface area contributed by atoms with Gasteiger partial charge in [0.05, 0.1) is 0 Å². The van der Waals surface area contributed by atoms with Crippen molar-refractivity contribution in [1.82, 2.24) is 15.2 Å². The Morgan fingerprint density at radius 2 is 2.12 bits per heavy atom. The van der Waals surface area contributed by atoms with Gasteiger partial charge in [-0.25, -0.2) is 0 Å². The van der Waals surface area contributed by atoms with Crippen molar-refractivity contribution in [2.45, 2.75) is 44.3 Å². The Labute approximate surface area is 104 Å². The normalized spacial score (nSPS) is 25.1. The second kappa shape index (κ2) is 6.12. The Hall–Kier alpha value is -0.930. The Kier molecular flexibility index (Phi) is 4.51. The predicted octanol–water partition coefficient (Wildman–Crippen LogP) is 2.04. The topological polar surface area (TPSA) is 28.2 Å². The molecule has 0 bridgehead atoms. The minimum absolute atomic E-state index is 0.702. The van der Waals surface area contributed by atoms with Gasteiger partial charge in [0.1, 0.15) is 0 Å². The Bertz CT molecular complexity index is 325. The highest BCUT2D eigenvalue weighted by molar-refractivity contribution is 5.09. The summed E-state index contributed by atoms with van der Waals surface area (Å²) in [5.74, 6) is 0. The molecule has 17 heavy (non-hydrogen) atoms. The molecule has 3 nitrogen and oxygen atoms in total. The lowest BCUT2D eigenvalue weighted by atomic mass is 9.90. The van der Waals surface area contributed by atoms with Crippen LogP contribution in [0.4, 0.5) is 0 Å². The highest BCUT2D eigenvalue weighted by atomic mass is 15.1. The maximum Gasteiger partial charge on any atom is 0.0271 e. The molecule has 1 aliphatic rings. The van der Waals surface area contributed by atoms with Crippen LogP contribution in [0.5, 0.6) is 0 Å². The maximum absolute atomic E-state index is 4.06. The largest absolute Gasteiger partial charge is 0.317 e. The van der Waals surface area contributed by atoms with Gasteiger partial charge in [0.25, 0.3) is 0 Å². The fourth-order valence-corrected chi connectivity index (χ4v) is 2.73. The second-order valence-corrected chi connectivity index (χ2v) is 5.08. The van der Waals surface area contributed by atoms with Crippen molar-refractivity contribution < 1.29 is 0 Å². The number of pyridine rings is 1. The van der Waals surface area contributed by atoms with Crippen molar-refractivity contribution in [2.75, 3.05) is 14.1 Å². The minimum Gasteiger partial charge on any atom is -0.317 e. The van der Waals surface area contributed by atoms with Crippen LogP contribution in [-0.4, -0.2) is 36.1 Å². The molecule has 0 saturated heterocycles. The number of nitrogens with zero attached hydrogens (tertiary/aromatic N) is 2. The summed E-state index contributed by atoms with van der Waals surface area (Å²) in [5.41, 5.74) is 1.36. The molecular weight excluding hydrogens is 210 g/mol. The van der Waals surface area contributed by atoms with Crippen molar-refractivity contribution in [3.8, 4) is 0 Å². The summed E-state index contributed by atoms with van der Waals surface area (Å²) in [6, 6.07) is 5.63. The van der Waals surface area contributed by atoms with E-state index in [1.165, 1.54) is 31.2 Å². The first-order valence-corrected chi connectivity index (χ1v) is 6.56. The quantitative estimate of drug-likeness (QED) is 0.862. The van der Waals surface area contributed by atoms with Crippen LogP contribution >= 0.6 is 0 Å². The Morgan fingerprint density at radius 3 is 2.82 bits per heavy atom. The molecule has 0 radical (unpaired) electrons. The summed E-state index contributed by atoms with van der Waals surface area (Å²) in [7, 11) is 4.32. The summed E-state index contributed by atoms with van der Waals surface area (Å²) in [6.45, 7) is 1.03. The molecule has 1 saturated carbocycles. The number of aromatic nitrogens is 1. The van der Waals surface area contributed by atoms with Crippen LogP contribution in [0.25, 0.3) is 0 Å². The van der Waals surface area contributed by atoms with Gasteiger partial charge >= 0.3 is 0 Å². The Morgan fingerprint density at radius 1 is 1.35 bits per heavy atom. The second-order valence-electron chi connectivity index (χ2n) is 5.08. The van der Waals surface area contributed by atoms with Crippen LogP contribution < -0.4 is 5.32 Å². The van der Waals surface area contributed by atoms with E-state index in [4.69, 9.17) is 0 Å². The predicted molar refractivity (Wildman–Crippen MR) is 70.8 cm³/mol. The average molecular weight is 233 g/mol. The molecule has 0 aromatic carbocycles. The first-order valence-electron chi connectivity index (χ1n) is 6.56. The number of rotatable bonds is 4. The summed E-state index contributed by atoms with van der Waals surface area (Å²) >= 11 is 0. The molecule has 0 amide bonds. The van der Waals surface area contributed by atoms with Crippen molar-refractivity contribution >= 4 is 0 Å². The van der Waals surface area contributed by atoms with Crippen LogP contribution in [0.1, 0.15) is 31.2 Å². The fraction of sp³-hybridized carbons (Fsp3) is 0.643. The third-order valence-electron chi connectivity index (χ3n) is 3.86. The average Bonchev–Trinajstić information content (AvgIpc) is 2.40. The molecule has 1 aliphatic carbocycles. The molecule has 1 fully saturated rings. The number of nitrogens with one attached hydrogen (secondary N) is 1. The number of hydrogen-bond donors (Lipinski definition) is 1. The van der Waals surface area contributed by atoms with Crippen molar-refractivity contribution in [3.05, 3.63) is 30.1 Å². The van der Waals surface area contributed by atoms with Gasteiger partial charge in [0.15, 0.2) is 0 Å². The van der Waals surface area contributed by atoms with E-state index in [-0.39, 0.29) is 0 Å². The lowest BCUT2D eigenvalue weighted by molar-refractivity contribution is 0.165. The molecule has 3 heteroatoms.